The fourth-order valence-electron chi connectivity index (χ4n) is 2.87. The van der Waals surface area contributed by atoms with Crippen LogP contribution in [0.3, 0.4) is 0 Å². The van der Waals surface area contributed by atoms with Crippen molar-refractivity contribution >= 4 is 23.3 Å². The van der Waals surface area contributed by atoms with Gasteiger partial charge in [-0.25, -0.2) is 4.79 Å². The maximum Gasteiger partial charge on any atom is 0.323 e. The van der Waals surface area contributed by atoms with Crippen LogP contribution < -0.4 is 20.7 Å². The molecule has 3 N–H and O–H groups in total. The second-order valence-corrected chi connectivity index (χ2v) is 6.32. The summed E-state index contributed by atoms with van der Waals surface area (Å²) in [6.45, 7) is 0.505. The lowest BCUT2D eigenvalue weighted by atomic mass is 10.1. The number of rotatable bonds is 7. The van der Waals surface area contributed by atoms with Gasteiger partial charge in [-0.2, -0.15) is 0 Å². The zero-order valence-electron chi connectivity index (χ0n) is 16.1. The van der Waals surface area contributed by atoms with E-state index in [4.69, 9.17) is 4.74 Å². The highest BCUT2D eigenvalue weighted by Crippen LogP contribution is 2.23. The molecule has 0 spiro atoms. The number of anilines is 2. The van der Waals surface area contributed by atoms with Gasteiger partial charge in [0.2, 0.25) is 0 Å². The fourth-order valence-corrected chi connectivity index (χ4v) is 2.87. The molecule has 0 aliphatic rings. The first-order chi connectivity index (χ1) is 14.2. The first-order valence-electron chi connectivity index (χ1n) is 9.29. The zero-order valence-corrected chi connectivity index (χ0v) is 16.1. The van der Waals surface area contributed by atoms with Gasteiger partial charge in [0.1, 0.15) is 5.75 Å². The van der Waals surface area contributed by atoms with Gasteiger partial charge in [-0.1, -0.05) is 54.6 Å². The van der Waals surface area contributed by atoms with Crippen molar-refractivity contribution in [1.82, 2.24) is 5.32 Å². The Morgan fingerprint density at radius 1 is 0.793 bits per heavy atom. The summed E-state index contributed by atoms with van der Waals surface area (Å²) in [5.74, 6) is 0.309. The molecule has 6 heteroatoms. The molecule has 0 aromatic heterocycles. The van der Waals surface area contributed by atoms with Gasteiger partial charge in [-0.3, -0.25) is 4.79 Å². The molecule has 0 heterocycles. The number of amides is 3. The van der Waals surface area contributed by atoms with Gasteiger partial charge in [0.05, 0.1) is 24.0 Å². The molecule has 3 amide bonds. The highest BCUT2D eigenvalue weighted by atomic mass is 16.5. The Hall–Kier alpha value is -3.80. The number of urea groups is 1. The quantitative estimate of drug-likeness (QED) is 0.563. The number of methoxy groups -OCH3 is 1. The van der Waals surface area contributed by atoms with E-state index in [2.05, 4.69) is 16.0 Å². The van der Waals surface area contributed by atoms with Gasteiger partial charge in [0.15, 0.2) is 0 Å². The van der Waals surface area contributed by atoms with Crippen LogP contribution in [-0.4, -0.2) is 25.6 Å². The summed E-state index contributed by atoms with van der Waals surface area (Å²) in [5, 5.41) is 8.37. The van der Waals surface area contributed by atoms with Crippen molar-refractivity contribution < 1.29 is 14.3 Å². The van der Waals surface area contributed by atoms with Crippen LogP contribution >= 0.6 is 0 Å². The molecule has 6 nitrogen and oxygen atoms in total. The number of benzene rings is 3. The molecule has 0 saturated carbocycles. The molecule has 0 fully saturated rings. The summed E-state index contributed by atoms with van der Waals surface area (Å²) in [6, 6.07) is 23.5. The fraction of sp³-hybridized carbons (Fsp3) is 0.130. The SMILES string of the molecule is COc1ccccc1NC(=O)Nc1ccccc1C(=O)NCCc1ccccc1. The van der Waals surface area contributed by atoms with E-state index in [1.54, 1.807) is 42.5 Å². The van der Waals surface area contributed by atoms with Gasteiger partial charge >= 0.3 is 6.03 Å². The molecular weight excluding hydrogens is 366 g/mol. The number of carbonyl (C=O) groups excluding carboxylic acids is 2. The van der Waals surface area contributed by atoms with E-state index in [1.807, 2.05) is 36.4 Å². The molecule has 148 valence electrons. The van der Waals surface area contributed by atoms with Gasteiger partial charge in [-0.05, 0) is 36.2 Å². The molecule has 3 rings (SSSR count). The minimum absolute atomic E-state index is 0.242. The van der Waals surface area contributed by atoms with E-state index < -0.39 is 6.03 Å². The topological polar surface area (TPSA) is 79.5 Å². The smallest absolute Gasteiger partial charge is 0.323 e. The minimum Gasteiger partial charge on any atom is -0.495 e. The molecule has 3 aromatic carbocycles. The van der Waals surface area contributed by atoms with Crippen LogP contribution in [0.5, 0.6) is 5.75 Å². The van der Waals surface area contributed by atoms with Crippen LogP contribution in [0, 0.1) is 0 Å². The van der Waals surface area contributed by atoms with Crippen LogP contribution in [0.1, 0.15) is 15.9 Å². The lowest BCUT2D eigenvalue weighted by molar-refractivity contribution is 0.0955. The van der Waals surface area contributed by atoms with E-state index in [0.717, 1.165) is 12.0 Å². The van der Waals surface area contributed by atoms with Crippen molar-refractivity contribution in [2.75, 3.05) is 24.3 Å². The molecule has 0 bridgehead atoms. The van der Waals surface area contributed by atoms with Crippen molar-refractivity contribution in [3.8, 4) is 5.75 Å². The van der Waals surface area contributed by atoms with Crippen LogP contribution in [-0.2, 0) is 6.42 Å². The van der Waals surface area contributed by atoms with E-state index in [1.165, 1.54) is 7.11 Å². The maximum absolute atomic E-state index is 12.6. The average Bonchev–Trinajstić information content (AvgIpc) is 2.75. The first kappa shape index (κ1) is 19.9. The van der Waals surface area contributed by atoms with Crippen LogP contribution in [0.4, 0.5) is 16.2 Å². The molecule has 0 saturated heterocycles. The van der Waals surface area contributed by atoms with Crippen LogP contribution in [0.15, 0.2) is 78.9 Å². The number of carbonyl (C=O) groups is 2. The normalized spacial score (nSPS) is 10.1. The summed E-state index contributed by atoms with van der Waals surface area (Å²) >= 11 is 0. The Kier molecular flexibility index (Phi) is 6.84. The molecule has 0 unspecified atom stereocenters. The zero-order chi connectivity index (χ0) is 20.5. The number of hydrogen-bond acceptors (Lipinski definition) is 3. The molecule has 0 radical (unpaired) electrons. The molecule has 0 atom stereocenters. The molecule has 29 heavy (non-hydrogen) atoms. The third-order valence-corrected chi connectivity index (χ3v) is 4.32. The van der Waals surface area contributed by atoms with Gasteiger partial charge in [-0.15, -0.1) is 0 Å². The summed E-state index contributed by atoms with van der Waals surface area (Å²) in [6.07, 6.45) is 0.733. The lowest BCUT2D eigenvalue weighted by Crippen LogP contribution is -2.28. The van der Waals surface area contributed by atoms with E-state index in [-0.39, 0.29) is 5.91 Å². The maximum atomic E-state index is 12.6. The summed E-state index contributed by atoms with van der Waals surface area (Å²) in [4.78, 5) is 25.0. The van der Waals surface area contributed by atoms with Crippen molar-refractivity contribution in [3.05, 3.63) is 90.0 Å². The average molecular weight is 389 g/mol. The van der Waals surface area contributed by atoms with E-state index in [9.17, 15) is 9.59 Å². The molecule has 3 aromatic rings. The first-order valence-corrected chi connectivity index (χ1v) is 9.29. The third kappa shape index (κ3) is 5.59. The Labute approximate surface area is 169 Å². The predicted molar refractivity (Wildman–Crippen MR) is 115 cm³/mol. The van der Waals surface area contributed by atoms with E-state index in [0.29, 0.717) is 29.2 Å². The predicted octanol–water partition coefficient (Wildman–Crippen LogP) is 4.31. The Morgan fingerprint density at radius 3 is 2.17 bits per heavy atom. The summed E-state index contributed by atoms with van der Waals surface area (Å²) < 4.78 is 5.23. The number of nitrogens with one attached hydrogen (secondary N) is 3. The molecule has 0 aliphatic heterocycles. The largest absolute Gasteiger partial charge is 0.495 e. The van der Waals surface area contributed by atoms with E-state index >= 15 is 0 Å². The Bertz CT molecular complexity index is 974. The highest BCUT2D eigenvalue weighted by Gasteiger charge is 2.13. The highest BCUT2D eigenvalue weighted by molar-refractivity contribution is 6.06. The summed E-state index contributed by atoms with van der Waals surface area (Å²) in [7, 11) is 1.54. The minimum atomic E-state index is -0.459. The summed E-state index contributed by atoms with van der Waals surface area (Å²) in [5.41, 5.74) is 2.51. The Morgan fingerprint density at radius 2 is 1.41 bits per heavy atom. The van der Waals surface area contributed by atoms with Gasteiger partial charge < -0.3 is 20.7 Å². The van der Waals surface area contributed by atoms with Crippen molar-refractivity contribution in [2.45, 2.75) is 6.42 Å². The van der Waals surface area contributed by atoms with Crippen LogP contribution in [0.25, 0.3) is 0 Å². The second-order valence-electron chi connectivity index (χ2n) is 6.32. The lowest BCUT2D eigenvalue weighted by Gasteiger charge is -2.13. The standard InChI is InChI=1S/C23H23N3O3/c1-29-21-14-8-7-13-20(21)26-23(28)25-19-12-6-5-11-18(19)22(27)24-16-15-17-9-3-2-4-10-17/h2-14H,15-16H2,1H3,(H,24,27)(H2,25,26,28). The van der Waals surface area contributed by atoms with Gasteiger partial charge in [0.25, 0.3) is 5.91 Å². The molecule has 0 aliphatic carbocycles. The van der Waals surface area contributed by atoms with Crippen LogP contribution in [0.2, 0.25) is 0 Å². The Balaban J connectivity index is 1.62. The number of para-hydroxylation sites is 3. The number of hydrogen-bond donors (Lipinski definition) is 3. The van der Waals surface area contributed by atoms with Crippen molar-refractivity contribution in [3.63, 3.8) is 0 Å². The van der Waals surface area contributed by atoms with Crippen molar-refractivity contribution in [2.24, 2.45) is 0 Å². The molecular formula is C23H23N3O3. The second kappa shape index (κ2) is 9.94. The number of ether oxygens (including phenoxy) is 1. The third-order valence-electron chi connectivity index (χ3n) is 4.32. The van der Waals surface area contributed by atoms with Crippen molar-refractivity contribution in [1.29, 1.82) is 0 Å². The monoisotopic (exact) mass is 389 g/mol. The van der Waals surface area contributed by atoms with Gasteiger partial charge in [0, 0.05) is 6.54 Å².